The number of aromatic nitrogens is 2. The number of nitrogens with zero attached hydrogens (tertiary/aromatic N) is 2. The smallest absolute Gasteiger partial charge is 0.134 e. The van der Waals surface area contributed by atoms with E-state index in [0.29, 0.717) is 0 Å². The molecule has 0 amide bonds. The van der Waals surface area contributed by atoms with Crippen molar-refractivity contribution in [3.8, 4) is 0 Å². The summed E-state index contributed by atoms with van der Waals surface area (Å²) in [4.78, 5) is 0. The van der Waals surface area contributed by atoms with Crippen LogP contribution in [0.25, 0.3) is 0 Å². The van der Waals surface area contributed by atoms with Gasteiger partial charge in [-0.15, -0.1) is 21.5 Å². The number of hydrogen-bond donors (Lipinski definition) is 1. The van der Waals surface area contributed by atoms with Gasteiger partial charge in [-0.2, -0.15) is 0 Å². The molecule has 2 rings (SSSR count). The maximum absolute atomic E-state index is 5.39. The summed E-state index contributed by atoms with van der Waals surface area (Å²) in [5.41, 5.74) is 1.33. The highest BCUT2D eigenvalue weighted by Crippen LogP contribution is 2.17. The molecule has 1 aliphatic heterocycles. The molecule has 0 radical (unpaired) electrons. The minimum absolute atomic E-state index is 0.258. The average Bonchev–Trinajstić information content (AvgIpc) is 2.74. The van der Waals surface area contributed by atoms with Crippen molar-refractivity contribution in [2.24, 2.45) is 0 Å². The number of aryl methyl sites for hydroxylation is 1. The highest BCUT2D eigenvalue weighted by Gasteiger charge is 2.11. The van der Waals surface area contributed by atoms with E-state index in [9.17, 15) is 0 Å². The van der Waals surface area contributed by atoms with Gasteiger partial charge in [0.2, 0.25) is 0 Å². The zero-order valence-electron chi connectivity index (χ0n) is 9.69. The predicted molar refractivity (Wildman–Crippen MR) is 64.6 cm³/mol. The Bertz CT molecular complexity index is 375. The lowest BCUT2D eigenvalue weighted by atomic mass is 10.2. The molecule has 2 heterocycles. The largest absolute Gasteiger partial charge is 0.377 e. The van der Waals surface area contributed by atoms with E-state index in [2.05, 4.69) is 28.5 Å². The van der Waals surface area contributed by atoms with Gasteiger partial charge < -0.3 is 10.1 Å². The molecule has 1 aromatic rings. The van der Waals surface area contributed by atoms with Crippen LogP contribution in [0.3, 0.4) is 0 Å². The first-order chi connectivity index (χ1) is 7.75. The molecule has 1 aliphatic rings. The Kier molecular flexibility index (Phi) is 4.04. The van der Waals surface area contributed by atoms with Crippen molar-refractivity contribution in [1.29, 1.82) is 0 Å². The van der Waals surface area contributed by atoms with Crippen LogP contribution in [0.2, 0.25) is 0 Å². The van der Waals surface area contributed by atoms with Gasteiger partial charge in [-0.1, -0.05) is 6.08 Å². The molecular weight excluding hydrogens is 222 g/mol. The summed E-state index contributed by atoms with van der Waals surface area (Å²) in [6, 6.07) is 0.258. The van der Waals surface area contributed by atoms with Crippen LogP contribution in [0.1, 0.15) is 29.4 Å². The Balaban J connectivity index is 1.83. The Labute approximate surface area is 99.7 Å². The van der Waals surface area contributed by atoms with E-state index in [4.69, 9.17) is 4.74 Å². The summed E-state index contributed by atoms with van der Waals surface area (Å²) >= 11 is 1.65. The molecule has 0 fully saturated rings. The molecule has 88 valence electrons. The SMILES string of the molecule is Cc1nnc(C(C)NCC2=CCCOC2)s1. The Morgan fingerprint density at radius 1 is 1.56 bits per heavy atom. The van der Waals surface area contributed by atoms with E-state index in [-0.39, 0.29) is 6.04 Å². The molecule has 5 heteroatoms. The molecule has 1 N–H and O–H groups in total. The van der Waals surface area contributed by atoms with E-state index < -0.39 is 0 Å². The van der Waals surface area contributed by atoms with Crippen molar-refractivity contribution in [2.45, 2.75) is 26.3 Å². The van der Waals surface area contributed by atoms with Crippen LogP contribution >= 0.6 is 11.3 Å². The van der Waals surface area contributed by atoms with Gasteiger partial charge in [-0.05, 0) is 25.8 Å². The third kappa shape index (κ3) is 3.10. The Morgan fingerprint density at radius 3 is 3.06 bits per heavy atom. The van der Waals surface area contributed by atoms with Gasteiger partial charge in [0.1, 0.15) is 10.0 Å². The zero-order chi connectivity index (χ0) is 11.4. The fourth-order valence-corrected chi connectivity index (χ4v) is 2.32. The van der Waals surface area contributed by atoms with Crippen molar-refractivity contribution in [2.75, 3.05) is 19.8 Å². The van der Waals surface area contributed by atoms with Gasteiger partial charge in [0.05, 0.1) is 19.3 Å². The first-order valence-electron chi connectivity index (χ1n) is 5.55. The molecule has 1 atom stereocenters. The number of ether oxygens (including phenoxy) is 1. The molecule has 0 aliphatic carbocycles. The van der Waals surface area contributed by atoms with Crippen LogP contribution in [0.4, 0.5) is 0 Å². The van der Waals surface area contributed by atoms with Crippen LogP contribution in [-0.4, -0.2) is 30.0 Å². The second-order valence-corrected chi connectivity index (χ2v) is 5.18. The third-order valence-corrected chi connectivity index (χ3v) is 3.55. The van der Waals surface area contributed by atoms with E-state index in [1.54, 1.807) is 11.3 Å². The molecule has 0 spiro atoms. The Morgan fingerprint density at radius 2 is 2.44 bits per heavy atom. The van der Waals surface area contributed by atoms with E-state index in [0.717, 1.165) is 36.2 Å². The summed E-state index contributed by atoms with van der Waals surface area (Å²) in [6.45, 7) is 6.58. The fraction of sp³-hybridized carbons (Fsp3) is 0.636. The first kappa shape index (κ1) is 11.7. The first-order valence-corrected chi connectivity index (χ1v) is 6.36. The van der Waals surface area contributed by atoms with Gasteiger partial charge in [-0.25, -0.2) is 0 Å². The molecule has 0 saturated heterocycles. The predicted octanol–water partition coefficient (Wildman–Crippen LogP) is 1.84. The van der Waals surface area contributed by atoms with Gasteiger partial charge in [0, 0.05) is 6.54 Å². The number of hydrogen-bond acceptors (Lipinski definition) is 5. The minimum atomic E-state index is 0.258. The van der Waals surface area contributed by atoms with Crippen molar-refractivity contribution >= 4 is 11.3 Å². The standard InChI is InChI=1S/C11H17N3OS/c1-8(11-14-13-9(2)16-11)12-6-10-4-3-5-15-7-10/h4,8,12H,3,5-7H2,1-2H3. The fourth-order valence-electron chi connectivity index (χ4n) is 1.59. The normalized spacial score (nSPS) is 18.2. The lowest BCUT2D eigenvalue weighted by Crippen LogP contribution is -2.24. The van der Waals surface area contributed by atoms with Crippen molar-refractivity contribution < 1.29 is 4.74 Å². The van der Waals surface area contributed by atoms with E-state index in [1.807, 2.05) is 6.92 Å². The highest BCUT2D eigenvalue weighted by atomic mass is 32.1. The maximum Gasteiger partial charge on any atom is 0.134 e. The van der Waals surface area contributed by atoms with E-state index >= 15 is 0 Å². The van der Waals surface area contributed by atoms with Crippen LogP contribution in [0.5, 0.6) is 0 Å². The van der Waals surface area contributed by atoms with Gasteiger partial charge in [-0.3, -0.25) is 0 Å². The summed E-state index contributed by atoms with van der Waals surface area (Å²) in [7, 11) is 0. The summed E-state index contributed by atoms with van der Waals surface area (Å²) in [5, 5.41) is 13.7. The molecule has 1 aromatic heterocycles. The van der Waals surface area contributed by atoms with Crippen LogP contribution < -0.4 is 5.32 Å². The summed E-state index contributed by atoms with van der Waals surface area (Å²) < 4.78 is 5.39. The average molecular weight is 239 g/mol. The second kappa shape index (κ2) is 5.52. The lowest BCUT2D eigenvalue weighted by molar-refractivity contribution is 0.148. The van der Waals surface area contributed by atoms with E-state index in [1.165, 1.54) is 5.57 Å². The zero-order valence-corrected chi connectivity index (χ0v) is 10.5. The Hall–Kier alpha value is -0.780. The molecular formula is C11H17N3OS. The van der Waals surface area contributed by atoms with Crippen LogP contribution in [-0.2, 0) is 4.74 Å². The van der Waals surface area contributed by atoms with Crippen molar-refractivity contribution in [3.63, 3.8) is 0 Å². The quantitative estimate of drug-likeness (QED) is 0.815. The van der Waals surface area contributed by atoms with Gasteiger partial charge >= 0.3 is 0 Å². The molecule has 1 unspecified atom stereocenters. The monoisotopic (exact) mass is 239 g/mol. The highest BCUT2D eigenvalue weighted by molar-refractivity contribution is 7.11. The molecule has 16 heavy (non-hydrogen) atoms. The van der Waals surface area contributed by atoms with Gasteiger partial charge in [0.15, 0.2) is 0 Å². The molecule has 0 bridgehead atoms. The lowest BCUT2D eigenvalue weighted by Gasteiger charge is -2.16. The number of rotatable bonds is 4. The van der Waals surface area contributed by atoms with Crippen molar-refractivity contribution in [1.82, 2.24) is 15.5 Å². The summed E-state index contributed by atoms with van der Waals surface area (Å²) in [5.74, 6) is 0. The minimum Gasteiger partial charge on any atom is -0.377 e. The molecule has 4 nitrogen and oxygen atoms in total. The molecule has 0 aromatic carbocycles. The van der Waals surface area contributed by atoms with Crippen LogP contribution in [0.15, 0.2) is 11.6 Å². The third-order valence-electron chi connectivity index (χ3n) is 2.53. The maximum atomic E-state index is 5.39. The molecule has 0 saturated carbocycles. The second-order valence-electron chi connectivity index (χ2n) is 3.97. The van der Waals surface area contributed by atoms with Gasteiger partial charge in [0.25, 0.3) is 0 Å². The number of nitrogens with one attached hydrogen (secondary N) is 1. The van der Waals surface area contributed by atoms with Crippen molar-refractivity contribution in [3.05, 3.63) is 21.7 Å². The van der Waals surface area contributed by atoms with Crippen LogP contribution in [0, 0.1) is 6.92 Å². The summed E-state index contributed by atoms with van der Waals surface area (Å²) in [6.07, 6.45) is 3.29. The topological polar surface area (TPSA) is 47.0 Å².